The van der Waals surface area contributed by atoms with E-state index in [1.54, 1.807) is 16.2 Å². The number of benzene rings is 1. The van der Waals surface area contributed by atoms with Gasteiger partial charge in [0, 0.05) is 13.0 Å². The van der Waals surface area contributed by atoms with E-state index in [0.29, 0.717) is 24.9 Å². The van der Waals surface area contributed by atoms with Crippen LogP contribution in [0.25, 0.3) is 10.2 Å². The highest BCUT2D eigenvalue weighted by atomic mass is 32.1. The average Bonchev–Trinajstić information content (AvgIpc) is 3.07. The van der Waals surface area contributed by atoms with E-state index in [-0.39, 0.29) is 11.7 Å². The Morgan fingerprint density at radius 3 is 2.88 bits per heavy atom. The molecule has 0 aliphatic carbocycles. The molecular weight excluding hydrogens is 350 g/mol. The van der Waals surface area contributed by atoms with Gasteiger partial charge >= 0.3 is 0 Å². The second-order valence-corrected chi connectivity index (χ2v) is 7.63. The number of quaternary nitrogens is 1. The number of thiazole rings is 1. The van der Waals surface area contributed by atoms with Gasteiger partial charge in [-0.05, 0) is 24.1 Å². The van der Waals surface area contributed by atoms with Crippen molar-refractivity contribution in [2.24, 2.45) is 0 Å². The number of hydrogen-bond donors (Lipinski definition) is 1. The Morgan fingerprint density at radius 1 is 1.35 bits per heavy atom. The third-order valence-corrected chi connectivity index (χ3v) is 5.29. The van der Waals surface area contributed by atoms with E-state index in [2.05, 4.69) is 33.2 Å². The molecule has 7 heteroatoms. The summed E-state index contributed by atoms with van der Waals surface area (Å²) in [5.41, 5.74) is 2.20. The summed E-state index contributed by atoms with van der Waals surface area (Å²) in [6.45, 7) is 4.58. The Morgan fingerprint density at radius 2 is 2.19 bits per heavy atom. The lowest BCUT2D eigenvalue weighted by molar-refractivity contribution is -0.858. The molecule has 1 aliphatic rings. The van der Waals surface area contributed by atoms with Crippen molar-refractivity contribution in [2.75, 3.05) is 45.3 Å². The number of ether oxygens (including phenoxy) is 2. The Labute approximate surface area is 158 Å². The van der Waals surface area contributed by atoms with Crippen LogP contribution in [0.5, 0.6) is 0 Å². The van der Waals surface area contributed by atoms with Crippen LogP contribution in [0.3, 0.4) is 0 Å². The predicted octanol–water partition coefficient (Wildman–Crippen LogP) is 1.61. The fourth-order valence-corrected chi connectivity index (χ4v) is 3.83. The van der Waals surface area contributed by atoms with Crippen molar-refractivity contribution >= 4 is 32.6 Å². The van der Waals surface area contributed by atoms with E-state index >= 15 is 0 Å². The first-order chi connectivity index (χ1) is 12.6. The summed E-state index contributed by atoms with van der Waals surface area (Å²) >= 11 is 1.55. The minimum absolute atomic E-state index is 0.187. The van der Waals surface area contributed by atoms with E-state index < -0.39 is 0 Å². The number of carbonyl (C=O) groups is 1. The number of nitrogens with zero attached hydrogens (tertiary/aromatic N) is 2. The monoisotopic (exact) mass is 376 g/mol. The second-order valence-electron chi connectivity index (χ2n) is 6.62. The summed E-state index contributed by atoms with van der Waals surface area (Å²) < 4.78 is 11.9. The number of anilines is 1. The second kappa shape index (κ2) is 8.51. The molecule has 1 aromatic heterocycles. The van der Waals surface area contributed by atoms with Gasteiger partial charge in [0.2, 0.25) is 5.76 Å². The maximum atomic E-state index is 13.0. The highest BCUT2D eigenvalue weighted by molar-refractivity contribution is 7.22. The van der Waals surface area contributed by atoms with Gasteiger partial charge in [0.05, 0.1) is 30.9 Å². The summed E-state index contributed by atoms with van der Waals surface area (Å²) in [6, 6.07) is 6.27. The van der Waals surface area contributed by atoms with E-state index in [1.165, 1.54) is 16.7 Å². The molecule has 1 aromatic carbocycles. The number of fused-ring (bicyclic) bond motifs is 1. The van der Waals surface area contributed by atoms with Crippen LogP contribution in [0, 0.1) is 0 Å². The summed E-state index contributed by atoms with van der Waals surface area (Å²) in [6.07, 6.45) is 3.28. The van der Waals surface area contributed by atoms with Crippen molar-refractivity contribution in [3.8, 4) is 0 Å². The minimum Gasteiger partial charge on any atom is -0.494 e. The maximum Gasteiger partial charge on any atom is 0.298 e. The van der Waals surface area contributed by atoms with Gasteiger partial charge in [0.25, 0.3) is 5.91 Å². The van der Waals surface area contributed by atoms with Gasteiger partial charge in [0.15, 0.2) is 5.13 Å². The van der Waals surface area contributed by atoms with E-state index in [4.69, 9.17) is 14.5 Å². The molecule has 0 saturated heterocycles. The van der Waals surface area contributed by atoms with Crippen molar-refractivity contribution in [3.63, 3.8) is 0 Å². The number of rotatable bonds is 7. The first-order valence-corrected chi connectivity index (χ1v) is 9.85. The topological polar surface area (TPSA) is 56.1 Å². The molecule has 0 unspecified atom stereocenters. The molecule has 0 bridgehead atoms. The van der Waals surface area contributed by atoms with Gasteiger partial charge in [-0.15, -0.1) is 0 Å². The number of carbonyl (C=O) groups excluding carboxylic acids is 1. The van der Waals surface area contributed by atoms with Gasteiger partial charge in [-0.3, -0.25) is 9.69 Å². The molecule has 0 fully saturated rings. The normalized spacial score (nSPS) is 14.1. The Hall–Kier alpha value is -2.12. The van der Waals surface area contributed by atoms with Crippen molar-refractivity contribution in [1.29, 1.82) is 0 Å². The van der Waals surface area contributed by atoms with Gasteiger partial charge < -0.3 is 14.4 Å². The Kier molecular flexibility index (Phi) is 6.11. The Balaban J connectivity index is 1.88. The molecule has 2 heterocycles. The standard InChI is InChI=1S/C19H25N3O3S/c1-4-14-6-7-15-17(12-14)26-19(20-15)22(9-5-8-21(2)3)18(23)16-13-24-10-11-25-16/h6-7,12-13H,4-5,8-11H2,1-3H3/p+1. The van der Waals surface area contributed by atoms with Crippen LogP contribution in [0.1, 0.15) is 18.9 Å². The maximum absolute atomic E-state index is 13.0. The molecule has 1 amide bonds. The molecule has 2 aromatic rings. The van der Waals surface area contributed by atoms with Gasteiger partial charge in [-0.25, -0.2) is 4.98 Å². The van der Waals surface area contributed by atoms with Gasteiger partial charge in [0.1, 0.15) is 19.5 Å². The molecule has 3 rings (SSSR count). The van der Waals surface area contributed by atoms with E-state index in [0.717, 1.165) is 29.6 Å². The lowest BCUT2D eigenvalue weighted by atomic mass is 10.2. The molecule has 140 valence electrons. The number of aromatic nitrogens is 1. The van der Waals surface area contributed by atoms with Crippen molar-refractivity contribution in [2.45, 2.75) is 19.8 Å². The van der Waals surface area contributed by atoms with Crippen LogP contribution in [0.15, 0.2) is 30.2 Å². The summed E-state index contributed by atoms with van der Waals surface area (Å²) in [5, 5.41) is 0.710. The van der Waals surface area contributed by atoms with Crippen LogP contribution in [0.4, 0.5) is 5.13 Å². The number of aryl methyl sites for hydroxylation is 1. The molecule has 6 nitrogen and oxygen atoms in total. The molecule has 0 atom stereocenters. The van der Waals surface area contributed by atoms with Crippen molar-refractivity contribution in [1.82, 2.24) is 4.98 Å². The first-order valence-electron chi connectivity index (χ1n) is 9.03. The Bertz CT molecular complexity index is 800. The van der Waals surface area contributed by atoms with E-state index in [1.807, 2.05) is 6.07 Å². The number of nitrogens with one attached hydrogen (secondary N) is 1. The zero-order valence-electron chi connectivity index (χ0n) is 15.6. The number of hydrogen-bond acceptors (Lipinski definition) is 5. The van der Waals surface area contributed by atoms with Crippen LogP contribution in [-0.4, -0.2) is 51.3 Å². The third kappa shape index (κ3) is 4.34. The molecule has 0 spiro atoms. The third-order valence-electron chi connectivity index (χ3n) is 4.24. The number of amides is 1. The van der Waals surface area contributed by atoms with Gasteiger partial charge in [-0.2, -0.15) is 0 Å². The quantitative estimate of drug-likeness (QED) is 0.798. The minimum atomic E-state index is -0.187. The molecule has 26 heavy (non-hydrogen) atoms. The highest BCUT2D eigenvalue weighted by Gasteiger charge is 2.26. The predicted molar refractivity (Wildman–Crippen MR) is 104 cm³/mol. The highest BCUT2D eigenvalue weighted by Crippen LogP contribution is 2.31. The van der Waals surface area contributed by atoms with Crippen LogP contribution < -0.4 is 9.80 Å². The molecular formula is C19H26N3O3S+. The summed E-state index contributed by atoms with van der Waals surface area (Å²) in [7, 11) is 4.22. The fourth-order valence-electron chi connectivity index (χ4n) is 2.78. The first kappa shape index (κ1) is 18.7. The largest absolute Gasteiger partial charge is 0.494 e. The van der Waals surface area contributed by atoms with Crippen molar-refractivity contribution < 1.29 is 19.2 Å². The SMILES string of the molecule is CCc1ccc2nc(N(CCC[NH+](C)C)C(=O)C3=COCCO3)sc2c1. The van der Waals surface area contributed by atoms with Crippen LogP contribution in [0.2, 0.25) is 0 Å². The van der Waals surface area contributed by atoms with E-state index in [9.17, 15) is 4.79 Å². The zero-order valence-corrected chi connectivity index (χ0v) is 16.4. The fraction of sp³-hybridized carbons (Fsp3) is 0.474. The zero-order chi connectivity index (χ0) is 18.5. The van der Waals surface area contributed by atoms with Gasteiger partial charge in [-0.1, -0.05) is 24.3 Å². The van der Waals surface area contributed by atoms with Crippen LogP contribution in [-0.2, 0) is 20.7 Å². The lowest BCUT2D eigenvalue weighted by Crippen LogP contribution is -3.05. The lowest BCUT2D eigenvalue weighted by Gasteiger charge is -2.23. The summed E-state index contributed by atoms with van der Waals surface area (Å²) in [5.74, 6) is 0.0650. The molecule has 0 radical (unpaired) electrons. The smallest absolute Gasteiger partial charge is 0.298 e. The molecule has 0 saturated carbocycles. The average molecular weight is 377 g/mol. The van der Waals surface area contributed by atoms with Crippen LogP contribution >= 0.6 is 11.3 Å². The molecule has 1 aliphatic heterocycles. The van der Waals surface area contributed by atoms with Crippen molar-refractivity contribution in [3.05, 3.63) is 35.8 Å². The summed E-state index contributed by atoms with van der Waals surface area (Å²) in [4.78, 5) is 20.8. The molecule has 1 N–H and O–H groups in total.